The lowest BCUT2D eigenvalue weighted by molar-refractivity contribution is -0.141. The van der Waals surface area contributed by atoms with Crippen molar-refractivity contribution in [2.24, 2.45) is 0 Å². The molecule has 0 aliphatic carbocycles. The SMILES string of the molecule is Cc1c(-c2ccccc2)nc(C(C)C)c(C#CC(C(=O)O)(C(C)O)[P+](=O)O)c1-c1ccc(F)cc1. The number of halogens is 1. The van der Waals surface area contributed by atoms with Gasteiger partial charge in [-0.1, -0.05) is 62.2 Å². The molecule has 8 heteroatoms. The number of aliphatic hydroxyl groups excluding tert-OH is 1. The van der Waals surface area contributed by atoms with Crippen LogP contribution >= 0.6 is 8.03 Å². The van der Waals surface area contributed by atoms with Crippen LogP contribution in [0.15, 0.2) is 54.6 Å². The lowest BCUT2D eigenvalue weighted by Gasteiger charge is -2.20. The molecular weight excluding hydrogens is 468 g/mol. The number of nitrogens with zero attached hydrogens (tertiary/aromatic N) is 1. The summed E-state index contributed by atoms with van der Waals surface area (Å²) in [5, 5.41) is 17.3. The number of aliphatic carboxylic acids is 1. The molecule has 3 unspecified atom stereocenters. The maximum Gasteiger partial charge on any atom is 0.540 e. The molecule has 3 aromatic rings. The molecule has 0 bridgehead atoms. The molecular formula is C27H26FNO5P+. The number of pyridine rings is 1. The van der Waals surface area contributed by atoms with Crippen molar-refractivity contribution in [3.05, 3.63) is 77.2 Å². The Morgan fingerprint density at radius 1 is 1.06 bits per heavy atom. The Kier molecular flexibility index (Phi) is 7.82. The number of aromatic nitrogens is 1. The monoisotopic (exact) mass is 494 g/mol. The van der Waals surface area contributed by atoms with E-state index in [4.69, 9.17) is 4.98 Å². The van der Waals surface area contributed by atoms with E-state index < -0.39 is 31.1 Å². The van der Waals surface area contributed by atoms with Crippen LogP contribution in [0, 0.1) is 24.6 Å². The summed E-state index contributed by atoms with van der Waals surface area (Å²) in [4.78, 5) is 26.7. The van der Waals surface area contributed by atoms with Crippen LogP contribution in [0.3, 0.4) is 0 Å². The quantitative estimate of drug-likeness (QED) is 0.318. The summed E-state index contributed by atoms with van der Waals surface area (Å²) in [6, 6.07) is 15.3. The Labute approximate surface area is 204 Å². The van der Waals surface area contributed by atoms with Gasteiger partial charge in [0.1, 0.15) is 11.9 Å². The summed E-state index contributed by atoms with van der Waals surface area (Å²) in [6.07, 6.45) is -1.73. The maximum absolute atomic E-state index is 13.7. The highest BCUT2D eigenvalue weighted by Crippen LogP contribution is 2.40. The van der Waals surface area contributed by atoms with E-state index in [2.05, 4.69) is 11.8 Å². The first-order valence-electron chi connectivity index (χ1n) is 11.0. The average Bonchev–Trinajstić information content (AvgIpc) is 2.80. The van der Waals surface area contributed by atoms with E-state index in [0.717, 1.165) is 18.1 Å². The molecule has 0 saturated carbocycles. The zero-order valence-corrected chi connectivity index (χ0v) is 20.7. The van der Waals surface area contributed by atoms with E-state index in [9.17, 15) is 28.9 Å². The summed E-state index contributed by atoms with van der Waals surface area (Å²) in [5.41, 5.74) is 4.40. The van der Waals surface area contributed by atoms with Gasteiger partial charge in [-0.2, -0.15) is 4.89 Å². The van der Waals surface area contributed by atoms with Crippen molar-refractivity contribution in [3.63, 3.8) is 0 Å². The Bertz CT molecular complexity index is 1310. The minimum absolute atomic E-state index is 0.157. The Morgan fingerprint density at radius 2 is 1.66 bits per heavy atom. The fraction of sp³-hybridized carbons (Fsp3) is 0.259. The van der Waals surface area contributed by atoms with Crippen LogP contribution in [0.4, 0.5) is 4.39 Å². The van der Waals surface area contributed by atoms with Gasteiger partial charge < -0.3 is 10.2 Å². The summed E-state index contributed by atoms with van der Waals surface area (Å²) in [7, 11) is -3.41. The van der Waals surface area contributed by atoms with Crippen molar-refractivity contribution in [1.82, 2.24) is 4.98 Å². The first-order valence-corrected chi connectivity index (χ1v) is 12.2. The molecule has 3 rings (SSSR count). The number of rotatable bonds is 6. The van der Waals surface area contributed by atoms with Crippen LogP contribution in [0.25, 0.3) is 22.4 Å². The molecule has 0 aliphatic heterocycles. The van der Waals surface area contributed by atoms with Gasteiger partial charge in [0.25, 0.3) is 0 Å². The number of hydrogen-bond acceptors (Lipinski definition) is 4. The molecule has 0 aliphatic rings. The molecule has 1 aromatic heterocycles. The maximum atomic E-state index is 13.7. The zero-order chi connectivity index (χ0) is 25.9. The number of carboxylic acids is 1. The van der Waals surface area contributed by atoms with E-state index in [1.165, 1.54) is 12.1 Å². The summed E-state index contributed by atoms with van der Waals surface area (Å²) < 4.78 is 25.8. The Morgan fingerprint density at radius 3 is 2.14 bits per heavy atom. The second kappa shape index (κ2) is 10.5. The van der Waals surface area contributed by atoms with Gasteiger partial charge in [-0.15, -0.1) is 0 Å². The third-order valence-electron chi connectivity index (χ3n) is 5.81. The van der Waals surface area contributed by atoms with Gasteiger partial charge in [0.15, 0.2) is 0 Å². The predicted octanol–water partition coefficient (Wildman–Crippen LogP) is 5.28. The van der Waals surface area contributed by atoms with Crippen molar-refractivity contribution in [3.8, 4) is 34.2 Å². The second-order valence-corrected chi connectivity index (χ2v) is 9.77. The van der Waals surface area contributed by atoms with Crippen molar-refractivity contribution < 1.29 is 28.9 Å². The number of hydrogen-bond donors (Lipinski definition) is 3. The number of carboxylic acid groups (broad SMARTS) is 1. The molecule has 0 spiro atoms. The molecule has 3 N–H and O–H groups in total. The van der Waals surface area contributed by atoms with Crippen molar-refractivity contribution in [2.45, 2.75) is 44.9 Å². The number of aliphatic hydroxyl groups is 1. The van der Waals surface area contributed by atoms with Crippen LogP contribution in [0.1, 0.15) is 43.5 Å². The van der Waals surface area contributed by atoms with Gasteiger partial charge in [0.05, 0.1) is 17.0 Å². The fourth-order valence-electron chi connectivity index (χ4n) is 3.88. The van der Waals surface area contributed by atoms with E-state index >= 15 is 0 Å². The Hall–Kier alpha value is -3.43. The van der Waals surface area contributed by atoms with Gasteiger partial charge in [-0.25, -0.2) is 9.18 Å². The van der Waals surface area contributed by atoms with Gasteiger partial charge in [0.2, 0.25) is 0 Å². The molecule has 0 radical (unpaired) electrons. The highest BCUT2D eigenvalue weighted by Gasteiger charge is 2.60. The summed E-state index contributed by atoms with van der Waals surface area (Å²) in [6.45, 7) is 6.75. The highest BCUT2D eigenvalue weighted by atomic mass is 31.1. The fourth-order valence-corrected chi connectivity index (χ4v) is 4.51. The topological polar surface area (TPSA) is 108 Å². The molecule has 2 aromatic carbocycles. The zero-order valence-electron chi connectivity index (χ0n) is 19.8. The van der Waals surface area contributed by atoms with Crippen molar-refractivity contribution in [2.75, 3.05) is 0 Å². The molecule has 6 nitrogen and oxygen atoms in total. The smallest absolute Gasteiger partial charge is 0.477 e. The van der Waals surface area contributed by atoms with Crippen LogP contribution in [0.5, 0.6) is 0 Å². The molecule has 35 heavy (non-hydrogen) atoms. The van der Waals surface area contributed by atoms with E-state index in [1.807, 2.05) is 51.1 Å². The van der Waals surface area contributed by atoms with Gasteiger partial charge in [-0.3, -0.25) is 4.98 Å². The largest absolute Gasteiger partial charge is 0.540 e. The van der Waals surface area contributed by atoms with Crippen molar-refractivity contribution >= 4 is 14.0 Å². The second-order valence-electron chi connectivity index (χ2n) is 8.52. The molecule has 180 valence electrons. The van der Waals surface area contributed by atoms with Gasteiger partial charge >= 0.3 is 19.2 Å². The van der Waals surface area contributed by atoms with Crippen molar-refractivity contribution in [1.29, 1.82) is 0 Å². The van der Waals surface area contributed by atoms with Crippen LogP contribution < -0.4 is 0 Å². The van der Waals surface area contributed by atoms with E-state index in [1.54, 1.807) is 12.1 Å². The van der Waals surface area contributed by atoms with E-state index in [-0.39, 0.29) is 5.92 Å². The predicted molar refractivity (Wildman–Crippen MR) is 133 cm³/mol. The standard InChI is InChI=1S/C27H25FNO5P/c1-16(2)24-22(14-15-27(18(4)30,26(31)32)35(33)34)23(19-10-12-21(28)13-11-19)17(3)25(29-24)20-8-6-5-7-9-20/h5-13,16,18,30H,1-4H3,(H-,31,32,33,34)/p+1. The normalized spacial score (nSPS) is 14.0. The molecule has 3 atom stereocenters. The third-order valence-corrected chi connectivity index (χ3v) is 7.09. The third kappa shape index (κ3) is 5.01. The Balaban J connectivity index is 2.46. The summed E-state index contributed by atoms with van der Waals surface area (Å²) in [5.74, 6) is 2.91. The first kappa shape index (κ1) is 26.2. The van der Waals surface area contributed by atoms with E-state index in [0.29, 0.717) is 28.1 Å². The molecule has 1 heterocycles. The van der Waals surface area contributed by atoms with Gasteiger partial charge in [-0.05, 0) is 53.5 Å². The molecule has 0 saturated heterocycles. The highest BCUT2D eigenvalue weighted by molar-refractivity contribution is 7.42. The minimum Gasteiger partial charge on any atom is -0.477 e. The molecule has 0 fully saturated rings. The molecule has 0 amide bonds. The van der Waals surface area contributed by atoms with Crippen LogP contribution in [-0.4, -0.2) is 37.3 Å². The van der Waals surface area contributed by atoms with Crippen LogP contribution in [-0.2, 0) is 9.36 Å². The van der Waals surface area contributed by atoms with Crippen LogP contribution in [0.2, 0.25) is 0 Å². The lowest BCUT2D eigenvalue weighted by atomic mass is 9.88. The summed E-state index contributed by atoms with van der Waals surface area (Å²) >= 11 is 0. The van der Waals surface area contributed by atoms with Gasteiger partial charge in [0, 0.05) is 11.1 Å². The number of benzene rings is 2. The lowest BCUT2D eigenvalue weighted by Crippen LogP contribution is -2.43. The average molecular weight is 494 g/mol. The minimum atomic E-state index is -3.41. The first-order chi connectivity index (χ1) is 16.5. The number of carbonyl (C=O) groups is 1.